The van der Waals surface area contributed by atoms with Crippen molar-refractivity contribution in [1.82, 2.24) is 4.90 Å². The van der Waals surface area contributed by atoms with Gasteiger partial charge in [0, 0.05) is 19.7 Å². The number of nitrogens with zero attached hydrogens (tertiary/aromatic N) is 2. The molecule has 0 saturated carbocycles. The maximum absolute atomic E-state index is 14.6. The van der Waals surface area contributed by atoms with Gasteiger partial charge in [-0.2, -0.15) is 0 Å². The van der Waals surface area contributed by atoms with Gasteiger partial charge < -0.3 is 24.4 Å². The maximum atomic E-state index is 14.6. The van der Waals surface area contributed by atoms with Gasteiger partial charge in [0.05, 0.1) is 23.2 Å². The van der Waals surface area contributed by atoms with E-state index >= 15 is 0 Å². The molecule has 5 atom stereocenters. The number of likely N-dealkylation sites (tertiary alicyclic amines) is 1. The number of para-hydroxylation sites is 1. The standard InChI is InChI=1S/C30H37ClN2O6/c1-3-29-14-6-4-9-19-38-28(37)23(29)22-26(35)33(16-7-5-8-18-34)25-27(36)32(17-11-15-30(22,25)39-29)24-20(2)12-10-13-21(24)31/h6,10-15,22-23,25,34H,3-5,7-9,16-19H2,1-2H3/b14-6-/t22-,23+,25?,29-,30-/m0/s1. The molecule has 2 saturated heterocycles. The zero-order valence-electron chi connectivity index (χ0n) is 22.6. The van der Waals surface area contributed by atoms with Crippen LogP contribution in [0.25, 0.3) is 0 Å². The highest BCUT2D eigenvalue weighted by molar-refractivity contribution is 6.34. The first kappa shape index (κ1) is 27.9. The van der Waals surface area contributed by atoms with Gasteiger partial charge in [-0.1, -0.05) is 55.0 Å². The summed E-state index contributed by atoms with van der Waals surface area (Å²) in [6, 6.07) is 4.52. The van der Waals surface area contributed by atoms with Crippen LogP contribution in [0.3, 0.4) is 0 Å². The van der Waals surface area contributed by atoms with Crippen molar-refractivity contribution in [2.75, 3.05) is 31.2 Å². The Hall–Kier alpha value is -2.68. The van der Waals surface area contributed by atoms with Crippen molar-refractivity contribution in [3.05, 3.63) is 53.1 Å². The number of cyclic esters (lactones) is 1. The quantitative estimate of drug-likeness (QED) is 0.310. The lowest BCUT2D eigenvalue weighted by Crippen LogP contribution is -2.56. The van der Waals surface area contributed by atoms with E-state index in [2.05, 4.69) is 0 Å². The lowest BCUT2D eigenvalue weighted by Gasteiger charge is -2.38. The Labute approximate surface area is 234 Å². The first-order valence-electron chi connectivity index (χ1n) is 14.0. The van der Waals surface area contributed by atoms with Crippen molar-refractivity contribution in [3.8, 4) is 0 Å². The number of aryl methyl sites for hydroxylation is 1. The number of hydrogen-bond donors (Lipinski definition) is 1. The predicted octanol–water partition coefficient (Wildman–Crippen LogP) is 3.97. The first-order chi connectivity index (χ1) is 18.8. The van der Waals surface area contributed by atoms with Crippen LogP contribution < -0.4 is 4.90 Å². The van der Waals surface area contributed by atoms with Gasteiger partial charge in [-0.05, 0) is 57.1 Å². The number of halogens is 1. The molecule has 4 aliphatic heterocycles. The molecular weight excluding hydrogens is 520 g/mol. The molecule has 2 fully saturated rings. The summed E-state index contributed by atoms with van der Waals surface area (Å²) in [6.45, 7) is 4.75. The van der Waals surface area contributed by atoms with E-state index in [9.17, 15) is 19.5 Å². The largest absolute Gasteiger partial charge is 0.465 e. The number of fused-ring (bicyclic) bond motifs is 2. The van der Waals surface area contributed by atoms with Gasteiger partial charge in [-0.25, -0.2) is 0 Å². The van der Waals surface area contributed by atoms with Crippen LogP contribution in [0.1, 0.15) is 51.0 Å². The van der Waals surface area contributed by atoms with Gasteiger partial charge in [0.2, 0.25) is 5.91 Å². The minimum atomic E-state index is -1.34. The Morgan fingerprint density at radius 2 is 1.90 bits per heavy atom. The fourth-order valence-electron chi connectivity index (χ4n) is 6.85. The van der Waals surface area contributed by atoms with E-state index in [1.54, 1.807) is 15.9 Å². The van der Waals surface area contributed by atoms with E-state index in [0.717, 1.165) is 12.0 Å². The second-order valence-corrected chi connectivity index (χ2v) is 11.3. The Balaban J connectivity index is 1.64. The highest BCUT2D eigenvalue weighted by atomic mass is 35.5. The molecular formula is C30H37ClN2O6. The monoisotopic (exact) mass is 556 g/mol. The number of esters is 1. The molecule has 2 amide bonds. The molecule has 210 valence electrons. The molecule has 0 aliphatic carbocycles. The normalized spacial score (nSPS) is 33.0. The van der Waals surface area contributed by atoms with Crippen LogP contribution in [-0.4, -0.2) is 71.3 Å². The van der Waals surface area contributed by atoms with Gasteiger partial charge in [0.15, 0.2) is 0 Å². The number of aliphatic hydroxyl groups excluding tert-OH is 1. The van der Waals surface area contributed by atoms with Crippen LogP contribution in [0.15, 0.2) is 42.5 Å². The zero-order chi connectivity index (χ0) is 27.8. The number of aliphatic hydroxyl groups is 1. The molecule has 5 rings (SSSR count). The molecule has 0 bridgehead atoms. The summed E-state index contributed by atoms with van der Waals surface area (Å²) >= 11 is 6.61. The van der Waals surface area contributed by atoms with Crippen molar-refractivity contribution in [1.29, 1.82) is 0 Å². The SMILES string of the molecule is CC[C@]12/C=C\CCCOC(=O)[C@H]1[C@H]1C(=O)N(CCCCCO)C3C(=O)N(c4c(C)cccc4Cl)CC=C[C@@]31O2. The van der Waals surface area contributed by atoms with Crippen LogP contribution >= 0.6 is 11.6 Å². The molecule has 1 spiro atoms. The van der Waals surface area contributed by atoms with Crippen LogP contribution in [0.4, 0.5) is 5.69 Å². The van der Waals surface area contributed by atoms with E-state index < -0.39 is 35.0 Å². The second-order valence-electron chi connectivity index (χ2n) is 10.9. The summed E-state index contributed by atoms with van der Waals surface area (Å²) in [4.78, 5) is 45.7. The van der Waals surface area contributed by atoms with Crippen LogP contribution in [0, 0.1) is 18.8 Å². The average Bonchev–Trinajstić information content (AvgIpc) is 3.29. The van der Waals surface area contributed by atoms with Gasteiger partial charge >= 0.3 is 5.97 Å². The van der Waals surface area contributed by atoms with Crippen LogP contribution in [0.5, 0.6) is 0 Å². The fraction of sp³-hybridized carbons (Fsp3) is 0.567. The average molecular weight is 557 g/mol. The number of amides is 2. The molecule has 0 aromatic heterocycles. The van der Waals surface area contributed by atoms with Crippen molar-refractivity contribution in [3.63, 3.8) is 0 Å². The molecule has 8 nitrogen and oxygen atoms in total. The number of unbranched alkanes of at least 4 members (excludes halogenated alkanes) is 2. The Morgan fingerprint density at radius 3 is 2.64 bits per heavy atom. The molecule has 4 heterocycles. The molecule has 9 heteroatoms. The van der Waals surface area contributed by atoms with E-state index in [0.29, 0.717) is 49.4 Å². The number of rotatable bonds is 7. The highest BCUT2D eigenvalue weighted by Gasteiger charge is 2.75. The molecule has 0 radical (unpaired) electrons. The molecule has 39 heavy (non-hydrogen) atoms. The predicted molar refractivity (Wildman–Crippen MR) is 147 cm³/mol. The summed E-state index contributed by atoms with van der Waals surface area (Å²) in [5.41, 5.74) is -0.953. The number of hydrogen-bond acceptors (Lipinski definition) is 6. The Morgan fingerprint density at radius 1 is 1.08 bits per heavy atom. The first-order valence-corrected chi connectivity index (χ1v) is 14.4. The number of anilines is 1. The van der Waals surface area contributed by atoms with Crippen molar-refractivity contribution >= 4 is 35.1 Å². The number of ether oxygens (including phenoxy) is 2. The molecule has 1 aromatic carbocycles. The minimum Gasteiger partial charge on any atom is -0.465 e. The minimum absolute atomic E-state index is 0.0630. The number of carbonyl (C=O) groups excluding carboxylic acids is 3. The number of allylic oxidation sites excluding steroid dienone is 1. The highest BCUT2D eigenvalue weighted by Crippen LogP contribution is 2.58. The summed E-state index contributed by atoms with van der Waals surface area (Å²) in [5, 5.41) is 9.71. The lowest BCUT2D eigenvalue weighted by molar-refractivity contribution is -0.159. The number of carbonyl (C=O) groups is 3. The Kier molecular flexibility index (Phi) is 7.91. The van der Waals surface area contributed by atoms with E-state index in [-0.39, 0.29) is 31.6 Å². The topological polar surface area (TPSA) is 96.4 Å². The van der Waals surface area contributed by atoms with Crippen molar-refractivity contribution in [2.45, 2.75) is 69.6 Å². The Bertz CT molecular complexity index is 1180. The van der Waals surface area contributed by atoms with Crippen molar-refractivity contribution in [2.24, 2.45) is 11.8 Å². The molecule has 4 aliphatic rings. The third kappa shape index (κ3) is 4.50. The van der Waals surface area contributed by atoms with Crippen LogP contribution in [-0.2, 0) is 23.9 Å². The van der Waals surface area contributed by atoms with Crippen molar-refractivity contribution < 1.29 is 29.0 Å². The summed E-state index contributed by atoms with van der Waals surface area (Å²) in [6.07, 6.45) is 11.4. The van der Waals surface area contributed by atoms with E-state index in [1.807, 2.05) is 50.3 Å². The van der Waals surface area contributed by atoms with Crippen LogP contribution in [0.2, 0.25) is 5.02 Å². The third-order valence-electron chi connectivity index (χ3n) is 8.65. The summed E-state index contributed by atoms with van der Waals surface area (Å²) in [5.74, 6) is -2.79. The van der Waals surface area contributed by atoms with Gasteiger partial charge in [-0.15, -0.1) is 0 Å². The number of benzene rings is 1. The summed E-state index contributed by atoms with van der Waals surface area (Å²) in [7, 11) is 0. The zero-order valence-corrected chi connectivity index (χ0v) is 23.4. The van der Waals surface area contributed by atoms with Gasteiger partial charge in [0.1, 0.15) is 23.2 Å². The lowest BCUT2D eigenvalue weighted by atomic mass is 9.73. The molecule has 1 unspecified atom stereocenters. The fourth-order valence-corrected chi connectivity index (χ4v) is 7.17. The summed E-state index contributed by atoms with van der Waals surface area (Å²) < 4.78 is 12.6. The molecule has 1 N–H and O–H groups in total. The maximum Gasteiger partial charge on any atom is 0.313 e. The second kappa shape index (κ2) is 11.1. The van der Waals surface area contributed by atoms with Gasteiger partial charge in [-0.3, -0.25) is 14.4 Å². The van der Waals surface area contributed by atoms with Gasteiger partial charge in [0.25, 0.3) is 5.91 Å². The van der Waals surface area contributed by atoms with E-state index in [1.165, 1.54) is 0 Å². The third-order valence-corrected chi connectivity index (χ3v) is 8.95. The molecule has 1 aromatic rings. The van der Waals surface area contributed by atoms with E-state index in [4.69, 9.17) is 21.1 Å². The smallest absolute Gasteiger partial charge is 0.313 e.